The highest BCUT2D eigenvalue weighted by Gasteiger charge is 2.32. The Morgan fingerprint density at radius 3 is 1.72 bits per heavy atom. The van der Waals surface area contributed by atoms with Crippen molar-refractivity contribution in [1.29, 1.82) is 0 Å². The first kappa shape index (κ1) is 26.3. The normalized spacial score (nSPS) is 15.2. The molecule has 0 radical (unpaired) electrons. The van der Waals surface area contributed by atoms with Gasteiger partial charge in [-0.05, 0) is 25.2 Å². The molecule has 11 heteroatoms. The Hall–Kier alpha value is -2.69. The van der Waals surface area contributed by atoms with Crippen LogP contribution < -0.4 is 27.4 Å². The van der Waals surface area contributed by atoms with Crippen molar-refractivity contribution in [3.05, 3.63) is 0 Å². The second-order valence-corrected chi connectivity index (χ2v) is 7.78. The lowest BCUT2D eigenvalue weighted by atomic mass is 9.99. The molecule has 4 amide bonds. The van der Waals surface area contributed by atoms with Crippen molar-refractivity contribution in [3.8, 4) is 0 Å². The van der Waals surface area contributed by atoms with Gasteiger partial charge in [0.1, 0.15) is 18.1 Å². The summed E-state index contributed by atoms with van der Waals surface area (Å²) in [5.41, 5.74) is 10.5. The summed E-state index contributed by atoms with van der Waals surface area (Å²) >= 11 is 0. The van der Waals surface area contributed by atoms with Gasteiger partial charge in [0.25, 0.3) is 0 Å². The molecule has 0 spiro atoms. The molecule has 0 saturated carbocycles. The number of nitrogens with one attached hydrogen (secondary N) is 3. The molecule has 8 N–H and O–H groups in total. The predicted octanol–water partition coefficient (Wildman–Crippen LogP) is -1.55. The number of carbonyl (C=O) groups excluding carboxylic acids is 4. The van der Waals surface area contributed by atoms with Crippen LogP contribution >= 0.6 is 0 Å². The van der Waals surface area contributed by atoms with E-state index in [1.165, 1.54) is 6.92 Å². The summed E-state index contributed by atoms with van der Waals surface area (Å²) in [5, 5.41) is 16.5. The second-order valence-electron chi connectivity index (χ2n) is 7.78. The molecule has 0 bridgehead atoms. The fourth-order valence-electron chi connectivity index (χ4n) is 2.46. The van der Waals surface area contributed by atoms with Crippen molar-refractivity contribution in [2.24, 2.45) is 23.3 Å². The van der Waals surface area contributed by atoms with Gasteiger partial charge in [0, 0.05) is 0 Å². The second kappa shape index (κ2) is 12.0. The highest BCUT2D eigenvalue weighted by Crippen LogP contribution is 2.09. The summed E-state index contributed by atoms with van der Waals surface area (Å²) in [4.78, 5) is 59.4. The first-order valence-electron chi connectivity index (χ1n) is 9.44. The van der Waals surface area contributed by atoms with Crippen molar-refractivity contribution in [2.45, 2.75) is 71.6 Å². The average molecular weight is 415 g/mol. The van der Waals surface area contributed by atoms with E-state index in [1.54, 1.807) is 13.8 Å². The first-order valence-corrected chi connectivity index (χ1v) is 9.44. The summed E-state index contributed by atoms with van der Waals surface area (Å²) in [6.45, 7) is 8.53. The van der Waals surface area contributed by atoms with E-state index in [1.807, 2.05) is 13.8 Å². The maximum atomic E-state index is 12.7. The SMILES string of the molecule is CC(C)CC(NC(=O)C(C)N)C(=O)NC(C(=O)NC(CC(N)=O)C(=O)O)C(C)C. The highest BCUT2D eigenvalue weighted by molar-refractivity contribution is 5.94. The lowest BCUT2D eigenvalue weighted by Crippen LogP contribution is -2.58. The zero-order valence-electron chi connectivity index (χ0n) is 17.5. The van der Waals surface area contributed by atoms with Crippen LogP contribution in [0.2, 0.25) is 0 Å². The molecule has 166 valence electrons. The van der Waals surface area contributed by atoms with Gasteiger partial charge in [-0.25, -0.2) is 4.79 Å². The molecule has 11 nitrogen and oxygen atoms in total. The van der Waals surface area contributed by atoms with Crippen molar-refractivity contribution < 1.29 is 29.1 Å². The van der Waals surface area contributed by atoms with Crippen molar-refractivity contribution in [3.63, 3.8) is 0 Å². The number of primary amides is 1. The molecule has 0 heterocycles. The quantitative estimate of drug-likeness (QED) is 0.222. The number of carboxylic acids is 1. The first-order chi connectivity index (χ1) is 13.3. The third-order valence-corrected chi connectivity index (χ3v) is 4.02. The van der Waals surface area contributed by atoms with Crippen LogP contribution in [-0.2, 0) is 24.0 Å². The predicted molar refractivity (Wildman–Crippen MR) is 105 cm³/mol. The Balaban J connectivity index is 5.37. The van der Waals surface area contributed by atoms with Crippen LogP contribution in [0.25, 0.3) is 0 Å². The monoisotopic (exact) mass is 415 g/mol. The Morgan fingerprint density at radius 2 is 1.34 bits per heavy atom. The number of hydrogen-bond acceptors (Lipinski definition) is 6. The molecule has 0 fully saturated rings. The van der Waals surface area contributed by atoms with E-state index in [0.717, 1.165) is 0 Å². The summed E-state index contributed by atoms with van der Waals surface area (Å²) < 4.78 is 0. The van der Waals surface area contributed by atoms with Gasteiger partial charge in [-0.15, -0.1) is 0 Å². The number of amides is 4. The zero-order chi connectivity index (χ0) is 22.9. The molecular formula is C18H33N5O6. The van der Waals surface area contributed by atoms with E-state index >= 15 is 0 Å². The van der Waals surface area contributed by atoms with Crippen LogP contribution in [0.15, 0.2) is 0 Å². The van der Waals surface area contributed by atoms with Crippen molar-refractivity contribution in [2.75, 3.05) is 0 Å². The largest absolute Gasteiger partial charge is 0.480 e. The summed E-state index contributed by atoms with van der Waals surface area (Å²) in [7, 11) is 0. The van der Waals surface area contributed by atoms with Gasteiger partial charge in [-0.1, -0.05) is 27.7 Å². The van der Waals surface area contributed by atoms with Crippen LogP contribution in [0, 0.1) is 11.8 Å². The standard InChI is InChI=1S/C18H33N5O6/c1-8(2)6-11(21-15(25)10(5)19)16(26)23-14(9(3)4)17(27)22-12(18(28)29)7-13(20)24/h8-12,14H,6-7,19H2,1-5H3,(H2,20,24)(H,21,25)(H,22,27)(H,23,26)(H,28,29). The minimum Gasteiger partial charge on any atom is -0.480 e. The summed E-state index contributed by atoms with van der Waals surface area (Å²) in [6, 6.07) is -4.32. The van der Waals surface area contributed by atoms with E-state index in [4.69, 9.17) is 16.6 Å². The average Bonchev–Trinajstić information content (AvgIpc) is 2.56. The molecule has 0 rings (SSSR count). The number of nitrogens with two attached hydrogens (primary N) is 2. The van der Waals surface area contributed by atoms with Gasteiger partial charge in [-0.2, -0.15) is 0 Å². The van der Waals surface area contributed by atoms with Gasteiger partial charge in [0.15, 0.2) is 0 Å². The van der Waals surface area contributed by atoms with Crippen LogP contribution in [0.5, 0.6) is 0 Å². The molecule has 4 atom stereocenters. The Labute approximate surface area is 170 Å². The summed E-state index contributed by atoms with van der Waals surface area (Å²) in [5.74, 6) is -4.52. The van der Waals surface area contributed by atoms with Crippen LogP contribution in [0.1, 0.15) is 47.5 Å². The Bertz CT molecular complexity index is 620. The molecular weight excluding hydrogens is 382 g/mol. The zero-order valence-corrected chi connectivity index (χ0v) is 17.5. The van der Waals surface area contributed by atoms with Gasteiger partial charge in [-0.3, -0.25) is 19.2 Å². The lowest BCUT2D eigenvalue weighted by molar-refractivity contribution is -0.144. The Morgan fingerprint density at radius 1 is 0.828 bits per heavy atom. The van der Waals surface area contributed by atoms with Gasteiger partial charge in [0.2, 0.25) is 23.6 Å². The van der Waals surface area contributed by atoms with Crippen molar-refractivity contribution in [1.82, 2.24) is 16.0 Å². The highest BCUT2D eigenvalue weighted by atomic mass is 16.4. The van der Waals surface area contributed by atoms with Crippen molar-refractivity contribution >= 4 is 29.6 Å². The van der Waals surface area contributed by atoms with Gasteiger partial charge >= 0.3 is 5.97 Å². The van der Waals surface area contributed by atoms with Crippen LogP contribution in [-0.4, -0.2) is 58.9 Å². The summed E-state index contributed by atoms with van der Waals surface area (Å²) in [6.07, 6.45) is -0.267. The third-order valence-electron chi connectivity index (χ3n) is 4.02. The lowest BCUT2D eigenvalue weighted by Gasteiger charge is -2.27. The molecule has 0 aliphatic rings. The number of carboxylic acid groups (broad SMARTS) is 1. The van der Waals surface area contributed by atoms with Crippen LogP contribution in [0.3, 0.4) is 0 Å². The molecule has 4 unspecified atom stereocenters. The van der Waals surface area contributed by atoms with E-state index in [2.05, 4.69) is 16.0 Å². The smallest absolute Gasteiger partial charge is 0.326 e. The van der Waals surface area contributed by atoms with Gasteiger partial charge < -0.3 is 32.5 Å². The minimum atomic E-state index is -1.51. The number of carbonyl (C=O) groups is 5. The topological polar surface area (TPSA) is 194 Å². The molecule has 0 saturated heterocycles. The fourth-order valence-corrected chi connectivity index (χ4v) is 2.46. The molecule has 0 aliphatic carbocycles. The maximum Gasteiger partial charge on any atom is 0.326 e. The number of rotatable bonds is 12. The van der Waals surface area contributed by atoms with Crippen LogP contribution in [0.4, 0.5) is 0 Å². The maximum absolute atomic E-state index is 12.7. The number of hydrogen-bond donors (Lipinski definition) is 6. The Kier molecular flexibility index (Phi) is 10.9. The number of aliphatic carboxylic acids is 1. The molecule has 0 aliphatic heterocycles. The van der Waals surface area contributed by atoms with E-state index < -0.39 is 66.1 Å². The molecule has 29 heavy (non-hydrogen) atoms. The molecule has 0 aromatic carbocycles. The van der Waals surface area contributed by atoms with Gasteiger partial charge in [0.05, 0.1) is 12.5 Å². The molecule has 0 aromatic heterocycles. The van der Waals surface area contributed by atoms with E-state index in [0.29, 0.717) is 6.42 Å². The molecule has 0 aromatic rings. The third kappa shape index (κ3) is 9.88. The van der Waals surface area contributed by atoms with E-state index in [9.17, 15) is 24.0 Å². The van der Waals surface area contributed by atoms with E-state index in [-0.39, 0.29) is 5.92 Å². The fraction of sp³-hybridized carbons (Fsp3) is 0.722. The minimum absolute atomic E-state index is 0.0671.